The Labute approximate surface area is 181 Å². The molecule has 0 bridgehead atoms. The molecule has 150 valence electrons. The fraction of sp³-hybridized carbons (Fsp3) is 0.304. The van der Waals surface area contributed by atoms with Gasteiger partial charge >= 0.3 is 0 Å². The predicted molar refractivity (Wildman–Crippen MR) is 116 cm³/mol. The molecule has 1 saturated carbocycles. The highest BCUT2D eigenvalue weighted by Crippen LogP contribution is 2.24. The van der Waals surface area contributed by atoms with Crippen LogP contribution in [0.1, 0.15) is 43.2 Å². The third kappa shape index (κ3) is 6.25. The van der Waals surface area contributed by atoms with Gasteiger partial charge in [-0.3, -0.25) is 4.79 Å². The zero-order valence-electron chi connectivity index (χ0n) is 16.0. The van der Waals surface area contributed by atoms with Crippen LogP contribution in [0, 0.1) is 11.3 Å². The van der Waals surface area contributed by atoms with E-state index in [1.54, 1.807) is 30.3 Å². The first-order valence-corrected chi connectivity index (χ1v) is 10.4. The highest BCUT2D eigenvalue weighted by atomic mass is 35.5. The Bertz CT molecular complexity index is 927. The van der Waals surface area contributed by atoms with Crippen molar-refractivity contribution in [2.45, 2.75) is 44.8 Å². The van der Waals surface area contributed by atoms with Gasteiger partial charge in [0.05, 0.1) is 10.0 Å². The molecule has 4 nitrogen and oxygen atoms in total. The third-order valence-corrected chi connectivity index (χ3v) is 5.63. The van der Waals surface area contributed by atoms with Gasteiger partial charge in [-0.2, -0.15) is 5.26 Å². The van der Waals surface area contributed by atoms with Gasteiger partial charge in [0, 0.05) is 6.04 Å². The van der Waals surface area contributed by atoms with Crippen molar-refractivity contribution >= 4 is 35.2 Å². The summed E-state index contributed by atoms with van der Waals surface area (Å²) in [5.41, 5.74) is 1.79. The zero-order chi connectivity index (χ0) is 20.6. The van der Waals surface area contributed by atoms with E-state index in [0.29, 0.717) is 22.4 Å². The van der Waals surface area contributed by atoms with Gasteiger partial charge in [-0.15, -0.1) is 0 Å². The van der Waals surface area contributed by atoms with Crippen molar-refractivity contribution in [1.82, 2.24) is 5.32 Å². The SMILES string of the molecule is N#CC(=Cc1ccc(OCc2ccc(Cl)c(Cl)c2)cc1)C(=O)NC1CCCCC1. The minimum atomic E-state index is -0.306. The van der Waals surface area contributed by atoms with E-state index in [0.717, 1.165) is 36.8 Å². The van der Waals surface area contributed by atoms with Crippen LogP contribution < -0.4 is 10.1 Å². The Morgan fingerprint density at radius 3 is 2.48 bits per heavy atom. The molecule has 1 aliphatic rings. The van der Waals surface area contributed by atoms with Crippen molar-refractivity contribution in [3.05, 3.63) is 69.2 Å². The number of nitrogens with zero attached hydrogens (tertiary/aromatic N) is 1. The Balaban J connectivity index is 1.59. The lowest BCUT2D eigenvalue weighted by atomic mass is 9.95. The van der Waals surface area contributed by atoms with E-state index in [9.17, 15) is 10.1 Å². The lowest BCUT2D eigenvalue weighted by Gasteiger charge is -2.22. The monoisotopic (exact) mass is 428 g/mol. The Hall–Kier alpha value is -2.48. The van der Waals surface area contributed by atoms with Gasteiger partial charge in [0.15, 0.2) is 0 Å². The van der Waals surface area contributed by atoms with Gasteiger partial charge in [0.1, 0.15) is 24.0 Å². The summed E-state index contributed by atoms with van der Waals surface area (Å²) in [5, 5.41) is 13.3. The Kier molecular flexibility index (Phi) is 7.57. The van der Waals surface area contributed by atoms with Crippen molar-refractivity contribution in [2.75, 3.05) is 0 Å². The Morgan fingerprint density at radius 1 is 1.10 bits per heavy atom. The van der Waals surface area contributed by atoms with Gasteiger partial charge in [0.2, 0.25) is 0 Å². The molecule has 6 heteroatoms. The van der Waals surface area contributed by atoms with Crippen LogP contribution in [-0.2, 0) is 11.4 Å². The molecule has 29 heavy (non-hydrogen) atoms. The van der Waals surface area contributed by atoms with Crippen LogP contribution in [-0.4, -0.2) is 11.9 Å². The van der Waals surface area contributed by atoms with E-state index < -0.39 is 0 Å². The van der Waals surface area contributed by atoms with E-state index in [1.807, 2.05) is 24.3 Å². The quantitative estimate of drug-likeness (QED) is 0.458. The highest BCUT2D eigenvalue weighted by molar-refractivity contribution is 6.42. The summed E-state index contributed by atoms with van der Waals surface area (Å²) >= 11 is 11.9. The molecule has 0 aliphatic heterocycles. The van der Waals surface area contributed by atoms with Crippen molar-refractivity contribution in [3.63, 3.8) is 0 Å². The summed E-state index contributed by atoms with van der Waals surface area (Å²) in [6.07, 6.45) is 7.03. The Morgan fingerprint density at radius 2 is 1.83 bits per heavy atom. The smallest absolute Gasteiger partial charge is 0.262 e. The maximum Gasteiger partial charge on any atom is 0.262 e. The van der Waals surface area contributed by atoms with Crippen molar-refractivity contribution in [3.8, 4) is 11.8 Å². The summed E-state index contributed by atoms with van der Waals surface area (Å²) in [6, 6.07) is 14.8. The van der Waals surface area contributed by atoms with Crippen LogP contribution in [0.3, 0.4) is 0 Å². The van der Waals surface area contributed by atoms with E-state index in [-0.39, 0.29) is 17.5 Å². The van der Waals surface area contributed by atoms with E-state index >= 15 is 0 Å². The number of amides is 1. The number of hydrogen-bond donors (Lipinski definition) is 1. The molecular weight excluding hydrogens is 407 g/mol. The fourth-order valence-corrected chi connectivity index (χ4v) is 3.60. The molecule has 0 atom stereocenters. The van der Waals surface area contributed by atoms with Crippen LogP contribution in [0.2, 0.25) is 10.0 Å². The molecule has 0 spiro atoms. The average molecular weight is 429 g/mol. The van der Waals surface area contributed by atoms with Crippen LogP contribution in [0.25, 0.3) is 6.08 Å². The topological polar surface area (TPSA) is 62.1 Å². The summed E-state index contributed by atoms with van der Waals surface area (Å²) in [4.78, 5) is 12.4. The number of nitrogens with one attached hydrogen (secondary N) is 1. The molecular formula is C23H22Cl2N2O2. The average Bonchev–Trinajstić information content (AvgIpc) is 2.74. The lowest BCUT2D eigenvalue weighted by Crippen LogP contribution is -2.36. The molecule has 0 radical (unpaired) electrons. The van der Waals surface area contributed by atoms with Gasteiger partial charge in [-0.1, -0.05) is 60.7 Å². The fourth-order valence-electron chi connectivity index (χ4n) is 3.28. The minimum absolute atomic E-state index is 0.111. The first-order chi connectivity index (χ1) is 14.0. The van der Waals surface area contributed by atoms with Gasteiger partial charge < -0.3 is 10.1 Å². The first kappa shape index (κ1) is 21.2. The number of benzene rings is 2. The van der Waals surface area contributed by atoms with Gasteiger partial charge in [-0.25, -0.2) is 0 Å². The number of carbonyl (C=O) groups is 1. The van der Waals surface area contributed by atoms with E-state index in [2.05, 4.69) is 5.32 Å². The molecule has 0 unspecified atom stereocenters. The third-order valence-electron chi connectivity index (χ3n) is 4.89. The molecule has 0 aromatic heterocycles. The van der Waals surface area contributed by atoms with Crippen molar-refractivity contribution in [2.24, 2.45) is 0 Å². The number of halogens is 2. The normalized spacial score (nSPS) is 14.9. The summed E-state index contributed by atoms with van der Waals surface area (Å²) < 4.78 is 5.75. The zero-order valence-corrected chi connectivity index (χ0v) is 17.5. The summed E-state index contributed by atoms with van der Waals surface area (Å²) in [6.45, 7) is 0.360. The lowest BCUT2D eigenvalue weighted by molar-refractivity contribution is -0.117. The standard InChI is InChI=1S/C23H22Cl2N2O2/c24-21-11-8-17(13-22(21)25)15-29-20-9-6-16(7-10-20)12-18(14-26)23(28)27-19-4-2-1-3-5-19/h6-13,19H,1-5,15H2,(H,27,28). The van der Waals surface area contributed by atoms with E-state index in [1.165, 1.54) is 6.42 Å². The second kappa shape index (κ2) is 10.3. The molecule has 1 amide bonds. The molecule has 1 fully saturated rings. The van der Waals surface area contributed by atoms with Gasteiger partial charge in [-0.05, 0) is 54.3 Å². The maximum atomic E-state index is 12.4. The minimum Gasteiger partial charge on any atom is -0.489 e. The number of carbonyl (C=O) groups excluding carboxylic acids is 1. The number of rotatable bonds is 6. The highest BCUT2D eigenvalue weighted by Gasteiger charge is 2.18. The van der Waals surface area contributed by atoms with Crippen LogP contribution in [0.15, 0.2) is 48.0 Å². The molecule has 0 saturated heterocycles. The molecule has 1 N–H and O–H groups in total. The van der Waals surface area contributed by atoms with Crippen LogP contribution >= 0.6 is 23.2 Å². The second-order valence-electron chi connectivity index (χ2n) is 7.08. The second-order valence-corrected chi connectivity index (χ2v) is 7.90. The number of hydrogen-bond acceptors (Lipinski definition) is 3. The van der Waals surface area contributed by atoms with Gasteiger partial charge in [0.25, 0.3) is 5.91 Å². The van der Waals surface area contributed by atoms with Crippen molar-refractivity contribution in [1.29, 1.82) is 5.26 Å². The molecule has 0 heterocycles. The maximum absolute atomic E-state index is 12.4. The summed E-state index contributed by atoms with van der Waals surface area (Å²) in [7, 11) is 0. The van der Waals surface area contributed by atoms with Crippen molar-refractivity contribution < 1.29 is 9.53 Å². The molecule has 3 rings (SSSR count). The molecule has 2 aromatic carbocycles. The van der Waals surface area contributed by atoms with Crippen LogP contribution in [0.5, 0.6) is 5.75 Å². The summed E-state index contributed by atoms with van der Waals surface area (Å²) in [5.74, 6) is 0.373. The number of ether oxygens (including phenoxy) is 1. The largest absolute Gasteiger partial charge is 0.489 e. The molecule has 1 aliphatic carbocycles. The number of nitriles is 1. The van der Waals surface area contributed by atoms with E-state index in [4.69, 9.17) is 27.9 Å². The molecule has 2 aromatic rings. The predicted octanol–water partition coefficient (Wildman–Crippen LogP) is 5.93. The van der Waals surface area contributed by atoms with Crippen LogP contribution in [0.4, 0.5) is 0 Å². The first-order valence-electron chi connectivity index (χ1n) is 9.64.